The van der Waals surface area contributed by atoms with E-state index in [1.807, 2.05) is 12.1 Å². The van der Waals surface area contributed by atoms with Crippen molar-refractivity contribution in [1.82, 2.24) is 14.1 Å². The first kappa shape index (κ1) is 16.4. The molecule has 1 unspecified atom stereocenters. The monoisotopic (exact) mass is 359 g/mol. The van der Waals surface area contributed by atoms with Crippen LogP contribution in [0.2, 0.25) is 0 Å². The molecule has 2 heterocycles. The quantitative estimate of drug-likeness (QED) is 0.652. The number of halogens is 2. The molecule has 3 aromatic rings. The van der Waals surface area contributed by atoms with E-state index in [9.17, 15) is 8.78 Å². The van der Waals surface area contributed by atoms with E-state index in [0.717, 1.165) is 18.8 Å². The van der Waals surface area contributed by atoms with Crippen LogP contribution in [0, 0.1) is 18.6 Å². The van der Waals surface area contributed by atoms with E-state index in [1.165, 1.54) is 29.4 Å². The average Bonchev–Trinajstić information content (AvgIpc) is 2.95. The second-order valence-electron chi connectivity index (χ2n) is 6.53. The first-order valence-corrected chi connectivity index (χ1v) is 9.85. The third-order valence-corrected chi connectivity index (χ3v) is 6.05. The van der Waals surface area contributed by atoms with Crippen molar-refractivity contribution in [3.8, 4) is 5.69 Å². The van der Waals surface area contributed by atoms with Gasteiger partial charge in [0.2, 0.25) is 0 Å². The van der Waals surface area contributed by atoms with Crippen molar-refractivity contribution < 1.29 is 8.78 Å². The van der Waals surface area contributed by atoms with Crippen LogP contribution in [-0.4, -0.2) is 39.3 Å². The number of nitrogens with zero attached hydrogens (tertiary/aromatic N) is 3. The molecule has 1 aromatic heterocycles. The van der Waals surface area contributed by atoms with Crippen molar-refractivity contribution in [1.29, 1.82) is 0 Å². The highest BCUT2D eigenvalue weighted by Crippen LogP contribution is 2.34. The van der Waals surface area contributed by atoms with Crippen molar-refractivity contribution in [3.05, 3.63) is 59.3 Å². The number of aromatic nitrogens is 2. The standard InChI is InChI=1S/C19H19F2N3S/c1-12-17(20)8-14-9-22-24(19(14)18(12)21)16-6-4-13(5-7-16)15-10-23(11-15)25(2)3/h4-9,15H,2,10-11H2,1,3H3. The summed E-state index contributed by atoms with van der Waals surface area (Å²) in [5.74, 6) is 3.48. The number of rotatable bonds is 3. The fraction of sp³-hybridized carbons (Fsp3) is 0.263. The van der Waals surface area contributed by atoms with Gasteiger partial charge in [0.05, 0.1) is 11.9 Å². The molecule has 6 heteroatoms. The smallest absolute Gasteiger partial charge is 0.155 e. The van der Waals surface area contributed by atoms with Gasteiger partial charge in [-0.05, 0) is 36.9 Å². The third-order valence-electron chi connectivity index (χ3n) is 4.87. The molecule has 3 nitrogen and oxygen atoms in total. The zero-order chi connectivity index (χ0) is 17.7. The van der Waals surface area contributed by atoms with Gasteiger partial charge in [-0.2, -0.15) is 5.10 Å². The topological polar surface area (TPSA) is 21.1 Å². The molecule has 1 fully saturated rings. The summed E-state index contributed by atoms with van der Waals surface area (Å²) in [7, 11) is 0.0776. The molecule has 2 aromatic carbocycles. The molecule has 0 aliphatic carbocycles. The fourth-order valence-corrected chi connectivity index (χ4v) is 4.07. The molecule has 4 rings (SSSR count). The summed E-state index contributed by atoms with van der Waals surface area (Å²) in [6.07, 6.45) is 3.62. The Hall–Kier alpha value is -2.05. The molecular weight excluding hydrogens is 340 g/mol. The molecule has 0 bridgehead atoms. The van der Waals surface area contributed by atoms with E-state index in [4.69, 9.17) is 0 Å². The van der Waals surface area contributed by atoms with Crippen molar-refractivity contribution in [2.45, 2.75) is 12.8 Å². The normalized spacial score (nSPS) is 17.0. The Morgan fingerprint density at radius 3 is 2.52 bits per heavy atom. The van der Waals surface area contributed by atoms with E-state index >= 15 is 0 Å². The molecule has 0 radical (unpaired) electrons. The molecule has 1 atom stereocenters. The largest absolute Gasteiger partial charge is 0.255 e. The van der Waals surface area contributed by atoms with Gasteiger partial charge in [-0.15, -0.1) is 10.7 Å². The summed E-state index contributed by atoms with van der Waals surface area (Å²) < 4.78 is 32.1. The molecule has 1 aliphatic heterocycles. The second kappa shape index (κ2) is 6.04. The van der Waals surface area contributed by atoms with Gasteiger partial charge in [0.25, 0.3) is 0 Å². The highest BCUT2D eigenvalue weighted by Gasteiger charge is 2.28. The molecule has 0 saturated carbocycles. The lowest BCUT2D eigenvalue weighted by atomic mass is 9.93. The first-order valence-electron chi connectivity index (χ1n) is 8.09. The molecule has 1 saturated heterocycles. The zero-order valence-corrected chi connectivity index (χ0v) is 15.0. The predicted molar refractivity (Wildman–Crippen MR) is 101 cm³/mol. The maximum absolute atomic E-state index is 14.5. The van der Waals surface area contributed by atoms with Crippen molar-refractivity contribution in [2.24, 2.45) is 0 Å². The van der Waals surface area contributed by atoms with Crippen LogP contribution in [-0.2, 0) is 0 Å². The van der Waals surface area contributed by atoms with Gasteiger partial charge in [0.15, 0.2) is 5.82 Å². The van der Waals surface area contributed by atoms with E-state index in [1.54, 1.807) is 0 Å². The highest BCUT2D eigenvalue weighted by molar-refractivity contribution is 8.11. The van der Waals surface area contributed by atoms with Crippen LogP contribution in [0.25, 0.3) is 16.6 Å². The third kappa shape index (κ3) is 2.69. The van der Waals surface area contributed by atoms with Crippen LogP contribution in [0.4, 0.5) is 8.78 Å². The average molecular weight is 359 g/mol. The Balaban J connectivity index is 1.66. The maximum Gasteiger partial charge on any atom is 0.155 e. The number of fused-ring (bicyclic) bond motifs is 1. The van der Waals surface area contributed by atoms with Crippen LogP contribution in [0.15, 0.2) is 36.5 Å². The molecule has 1 aliphatic rings. The minimum atomic E-state index is -0.559. The Bertz CT molecular complexity index is 972. The Morgan fingerprint density at radius 2 is 1.88 bits per heavy atom. The van der Waals surface area contributed by atoms with Crippen molar-refractivity contribution in [3.63, 3.8) is 0 Å². The van der Waals surface area contributed by atoms with Gasteiger partial charge in [0.1, 0.15) is 11.3 Å². The van der Waals surface area contributed by atoms with Crippen LogP contribution in [0.5, 0.6) is 0 Å². The predicted octanol–water partition coefficient (Wildman–Crippen LogP) is 4.26. The lowest BCUT2D eigenvalue weighted by Gasteiger charge is -2.40. The van der Waals surface area contributed by atoms with E-state index in [2.05, 4.69) is 33.7 Å². The second-order valence-corrected chi connectivity index (χ2v) is 8.24. The van der Waals surface area contributed by atoms with Crippen molar-refractivity contribution in [2.75, 3.05) is 19.3 Å². The molecule has 130 valence electrons. The van der Waals surface area contributed by atoms with Crippen LogP contribution in [0.3, 0.4) is 0 Å². The van der Waals surface area contributed by atoms with Gasteiger partial charge in [-0.1, -0.05) is 18.0 Å². The molecule has 0 N–H and O–H groups in total. The molecule has 0 amide bonds. The zero-order valence-electron chi connectivity index (χ0n) is 14.2. The molecular formula is C19H19F2N3S. The lowest BCUT2D eigenvalue weighted by molar-refractivity contribution is 0.291. The van der Waals surface area contributed by atoms with Crippen LogP contribution < -0.4 is 0 Å². The fourth-order valence-electron chi connectivity index (χ4n) is 3.20. The van der Waals surface area contributed by atoms with Gasteiger partial charge in [-0.3, -0.25) is 4.31 Å². The van der Waals surface area contributed by atoms with Crippen LogP contribution in [0.1, 0.15) is 17.0 Å². The molecule has 0 spiro atoms. The SMILES string of the molecule is C=S(C)N1CC(c2ccc(-n3ncc4cc(F)c(C)c(F)c43)cc2)C1. The summed E-state index contributed by atoms with van der Waals surface area (Å²) in [5.41, 5.74) is 2.37. The minimum absolute atomic E-state index is 0.0172. The van der Waals surface area contributed by atoms with Gasteiger partial charge >= 0.3 is 0 Å². The Morgan fingerprint density at radius 1 is 1.20 bits per heavy atom. The summed E-state index contributed by atoms with van der Waals surface area (Å²) >= 11 is 0. The van der Waals surface area contributed by atoms with E-state index < -0.39 is 11.6 Å². The number of benzene rings is 2. The molecule has 25 heavy (non-hydrogen) atoms. The summed E-state index contributed by atoms with van der Waals surface area (Å²) in [6, 6.07) is 9.35. The van der Waals surface area contributed by atoms with Gasteiger partial charge in [0, 0.05) is 30.0 Å². The van der Waals surface area contributed by atoms with Crippen molar-refractivity contribution >= 4 is 27.4 Å². The lowest BCUT2D eigenvalue weighted by Crippen LogP contribution is -2.40. The first-order chi connectivity index (χ1) is 12.0. The van der Waals surface area contributed by atoms with Gasteiger partial charge in [-0.25, -0.2) is 13.5 Å². The maximum atomic E-state index is 14.5. The summed E-state index contributed by atoms with van der Waals surface area (Å²) in [6.45, 7) is 3.50. The van der Waals surface area contributed by atoms with Gasteiger partial charge < -0.3 is 0 Å². The highest BCUT2D eigenvalue weighted by atomic mass is 32.2. The number of hydrogen-bond donors (Lipinski definition) is 0. The van der Waals surface area contributed by atoms with E-state index in [0.29, 0.717) is 16.8 Å². The summed E-state index contributed by atoms with van der Waals surface area (Å²) in [4.78, 5) is 0. The summed E-state index contributed by atoms with van der Waals surface area (Å²) in [5, 5.41) is 4.71. The minimum Gasteiger partial charge on any atom is -0.255 e. The Kier molecular flexibility index (Phi) is 3.96. The van der Waals surface area contributed by atoms with Crippen LogP contribution >= 0.6 is 10.7 Å². The Labute approximate surface area is 147 Å². The van der Waals surface area contributed by atoms with E-state index in [-0.39, 0.29) is 16.2 Å². The number of hydrogen-bond acceptors (Lipinski definition) is 2.